The number of ether oxygens (including phenoxy) is 1. The Morgan fingerprint density at radius 3 is 2.13 bits per heavy atom. The van der Waals surface area contributed by atoms with Crippen molar-refractivity contribution in [2.24, 2.45) is 34.8 Å². The molecule has 2 rings (SSSR count). The lowest BCUT2D eigenvalue weighted by atomic mass is 9.68. The van der Waals surface area contributed by atoms with Crippen LogP contribution in [0, 0.1) is 29.1 Å². The average molecular weight is 529 g/mol. The van der Waals surface area contributed by atoms with E-state index in [-0.39, 0.29) is 17.3 Å². The summed E-state index contributed by atoms with van der Waals surface area (Å²) in [4.78, 5) is 41.0. The fourth-order valence-electron chi connectivity index (χ4n) is 5.74. The summed E-state index contributed by atoms with van der Waals surface area (Å²) in [5.41, 5.74) is 7.64. The predicted molar refractivity (Wildman–Crippen MR) is 150 cm³/mol. The maximum Gasteiger partial charge on any atom is 0.329 e. The second-order valence-electron chi connectivity index (χ2n) is 12.4. The fourth-order valence-corrected chi connectivity index (χ4v) is 5.74. The van der Waals surface area contributed by atoms with Gasteiger partial charge < -0.3 is 15.6 Å². The second-order valence-corrected chi connectivity index (χ2v) is 12.4. The number of hydrogen-bond donors (Lipinski definition) is 2. The lowest BCUT2D eigenvalue weighted by Gasteiger charge is -2.46. The van der Waals surface area contributed by atoms with E-state index in [1.165, 1.54) is 19.6 Å². The van der Waals surface area contributed by atoms with Crippen LogP contribution >= 0.6 is 0 Å². The van der Waals surface area contributed by atoms with E-state index in [0.29, 0.717) is 19.3 Å². The molecule has 3 unspecified atom stereocenters. The largest absolute Gasteiger partial charge is 0.467 e. The number of nitrogens with two attached hydrogens (primary N) is 1. The van der Waals surface area contributed by atoms with Gasteiger partial charge in [-0.05, 0) is 42.1 Å². The molecule has 0 heterocycles. The van der Waals surface area contributed by atoms with Crippen molar-refractivity contribution in [3.05, 3.63) is 47.5 Å². The molecule has 0 aliphatic heterocycles. The van der Waals surface area contributed by atoms with Gasteiger partial charge in [-0.3, -0.25) is 14.5 Å². The summed E-state index contributed by atoms with van der Waals surface area (Å²) in [6, 6.07) is 8.84. The molecule has 1 aromatic carbocycles. The molecule has 2 amide bonds. The predicted octanol–water partition coefficient (Wildman–Crippen LogP) is 4.51. The minimum Gasteiger partial charge on any atom is -0.467 e. The van der Waals surface area contributed by atoms with Gasteiger partial charge in [-0.15, -0.1) is 0 Å². The SMILES string of the molecule is COC(=O)[C@H](C(C)C)N(C(C)=O)C(=O)[C@@](N)(C(C)C)C1CCC(C(C)(C)C)=CC(Cc2ccccc2)C1O. The van der Waals surface area contributed by atoms with Crippen molar-refractivity contribution in [1.82, 2.24) is 4.90 Å². The number of allylic oxidation sites excluding steroid dienone is 1. The highest BCUT2D eigenvalue weighted by atomic mass is 16.5. The Morgan fingerprint density at radius 2 is 1.68 bits per heavy atom. The number of benzene rings is 1. The summed E-state index contributed by atoms with van der Waals surface area (Å²) in [7, 11) is 1.24. The van der Waals surface area contributed by atoms with E-state index >= 15 is 0 Å². The van der Waals surface area contributed by atoms with Crippen LogP contribution in [0.5, 0.6) is 0 Å². The van der Waals surface area contributed by atoms with Crippen molar-refractivity contribution in [1.29, 1.82) is 0 Å². The minimum atomic E-state index is -1.59. The quantitative estimate of drug-likeness (QED) is 0.379. The smallest absolute Gasteiger partial charge is 0.329 e. The van der Waals surface area contributed by atoms with Crippen molar-refractivity contribution < 1.29 is 24.2 Å². The van der Waals surface area contributed by atoms with Crippen LogP contribution < -0.4 is 5.73 Å². The third-order valence-electron chi connectivity index (χ3n) is 8.12. The number of hydrogen-bond acceptors (Lipinski definition) is 6. The molecule has 0 bridgehead atoms. The molecule has 0 fully saturated rings. The third kappa shape index (κ3) is 6.73. The topological polar surface area (TPSA) is 110 Å². The Bertz CT molecular complexity index is 1010. The first-order chi connectivity index (χ1) is 17.6. The molecule has 3 N–H and O–H groups in total. The molecule has 7 heteroatoms. The molecular weight excluding hydrogens is 480 g/mol. The van der Waals surface area contributed by atoms with Crippen LogP contribution in [0.25, 0.3) is 0 Å². The lowest BCUT2D eigenvalue weighted by Crippen LogP contribution is -2.68. The maximum atomic E-state index is 14.4. The van der Waals surface area contributed by atoms with Crippen molar-refractivity contribution in [2.45, 2.75) is 92.3 Å². The Balaban J connectivity index is 2.64. The number of rotatable bonds is 8. The summed E-state index contributed by atoms with van der Waals surface area (Å²) in [6.45, 7) is 14.9. The molecule has 1 aliphatic rings. The number of imide groups is 1. The number of nitrogens with zero attached hydrogens (tertiary/aromatic N) is 1. The molecule has 212 valence electrons. The second kappa shape index (κ2) is 12.6. The number of aliphatic hydroxyl groups excluding tert-OH is 1. The van der Waals surface area contributed by atoms with Crippen molar-refractivity contribution in [2.75, 3.05) is 7.11 Å². The minimum absolute atomic E-state index is 0.123. The molecule has 1 aromatic rings. The van der Waals surface area contributed by atoms with Gasteiger partial charge in [-0.2, -0.15) is 0 Å². The molecule has 0 saturated carbocycles. The Morgan fingerprint density at radius 1 is 1.11 bits per heavy atom. The van der Waals surface area contributed by atoms with E-state index in [1.54, 1.807) is 13.8 Å². The van der Waals surface area contributed by atoms with Crippen LogP contribution in [0.1, 0.15) is 73.8 Å². The van der Waals surface area contributed by atoms with Crippen molar-refractivity contribution in [3.63, 3.8) is 0 Å². The highest BCUT2D eigenvalue weighted by Crippen LogP contribution is 2.43. The van der Waals surface area contributed by atoms with Crippen molar-refractivity contribution in [3.8, 4) is 0 Å². The van der Waals surface area contributed by atoms with Gasteiger partial charge in [0.1, 0.15) is 11.6 Å². The van der Waals surface area contributed by atoms with Gasteiger partial charge in [0.05, 0.1) is 13.2 Å². The molecule has 1 aliphatic carbocycles. The van der Waals surface area contributed by atoms with Crippen LogP contribution in [0.2, 0.25) is 0 Å². The molecule has 5 atom stereocenters. The van der Waals surface area contributed by atoms with Gasteiger partial charge in [0, 0.05) is 18.8 Å². The zero-order valence-electron chi connectivity index (χ0n) is 24.7. The zero-order chi connectivity index (χ0) is 29.0. The van der Waals surface area contributed by atoms with Gasteiger partial charge >= 0.3 is 5.97 Å². The summed E-state index contributed by atoms with van der Waals surface area (Å²) in [5, 5.41) is 11.9. The molecule has 0 saturated heterocycles. The van der Waals surface area contributed by atoms with E-state index in [4.69, 9.17) is 10.5 Å². The highest BCUT2D eigenvalue weighted by Gasteiger charge is 2.54. The molecule has 38 heavy (non-hydrogen) atoms. The first-order valence-corrected chi connectivity index (χ1v) is 13.7. The van der Waals surface area contributed by atoms with Gasteiger partial charge in [0.25, 0.3) is 5.91 Å². The molecule has 0 spiro atoms. The van der Waals surface area contributed by atoms with E-state index in [0.717, 1.165) is 10.5 Å². The van der Waals surface area contributed by atoms with E-state index in [9.17, 15) is 19.5 Å². The highest BCUT2D eigenvalue weighted by molar-refractivity contribution is 6.03. The summed E-state index contributed by atoms with van der Waals surface area (Å²) in [6.07, 6.45) is 2.97. The van der Waals surface area contributed by atoms with Crippen LogP contribution in [0.15, 0.2) is 42.0 Å². The molecule has 0 aromatic heterocycles. The van der Waals surface area contributed by atoms with Gasteiger partial charge in [0.15, 0.2) is 0 Å². The molecular formula is C31H48N2O5. The Kier molecular flexibility index (Phi) is 10.5. The third-order valence-corrected chi connectivity index (χ3v) is 8.12. The number of aliphatic hydroxyl groups is 1. The maximum absolute atomic E-state index is 14.4. The van der Waals surface area contributed by atoms with Crippen molar-refractivity contribution >= 4 is 17.8 Å². The number of carbonyl (C=O) groups excluding carboxylic acids is 3. The summed E-state index contributed by atoms with van der Waals surface area (Å²) >= 11 is 0. The lowest BCUT2D eigenvalue weighted by molar-refractivity contribution is -0.166. The number of amides is 2. The molecule has 7 nitrogen and oxygen atoms in total. The monoisotopic (exact) mass is 528 g/mol. The van der Waals surface area contributed by atoms with Crippen LogP contribution in [-0.4, -0.2) is 52.6 Å². The first kappa shape index (κ1) is 31.7. The zero-order valence-corrected chi connectivity index (χ0v) is 24.7. The average Bonchev–Trinajstić information content (AvgIpc) is 3.00. The Labute approximate surface area is 228 Å². The van der Waals surface area contributed by atoms with Crippen LogP contribution in [-0.2, 0) is 25.5 Å². The Hall–Kier alpha value is -2.51. The van der Waals surface area contributed by atoms with E-state index in [2.05, 4.69) is 26.8 Å². The number of esters is 1. The number of carbonyl (C=O) groups is 3. The normalized spacial score (nSPS) is 22.8. The summed E-state index contributed by atoms with van der Waals surface area (Å²) < 4.78 is 4.97. The van der Waals surface area contributed by atoms with Gasteiger partial charge in [0.2, 0.25) is 5.91 Å². The summed E-state index contributed by atoms with van der Waals surface area (Å²) in [5.74, 6) is -3.62. The van der Waals surface area contributed by atoms with Gasteiger partial charge in [-0.1, -0.05) is 90.4 Å². The molecule has 0 radical (unpaired) electrons. The first-order valence-electron chi connectivity index (χ1n) is 13.7. The van der Waals surface area contributed by atoms with E-state index < -0.39 is 47.3 Å². The number of methoxy groups -OCH3 is 1. The van der Waals surface area contributed by atoms with Gasteiger partial charge in [-0.25, -0.2) is 4.79 Å². The van der Waals surface area contributed by atoms with Crippen LogP contribution in [0.4, 0.5) is 0 Å². The standard InChI is InChI=1S/C31H48N2O5/c1-19(2)26(28(36)38-9)33(21(5)34)29(37)31(32,20(3)4)25-16-15-24(30(6,7)8)18-23(27(25)35)17-22-13-11-10-12-14-22/h10-14,18-20,23,25-27,35H,15-17,32H2,1-9H3/t23?,25?,26-,27?,31+/m0/s1. The fraction of sp³-hybridized carbons (Fsp3) is 0.645. The van der Waals surface area contributed by atoms with Crippen LogP contribution in [0.3, 0.4) is 0 Å². The van der Waals surface area contributed by atoms with E-state index in [1.807, 2.05) is 44.2 Å².